The van der Waals surface area contributed by atoms with Crippen molar-refractivity contribution in [2.45, 2.75) is 13.5 Å². The molecule has 2 N–H and O–H groups in total. The van der Waals surface area contributed by atoms with Crippen molar-refractivity contribution in [2.24, 2.45) is 0 Å². The number of aromatic amines is 1. The summed E-state index contributed by atoms with van der Waals surface area (Å²) in [6.45, 7) is 2.45. The van der Waals surface area contributed by atoms with Crippen LogP contribution in [0.15, 0.2) is 34.6 Å². The number of hydrogen-bond donors (Lipinski definition) is 2. The Balaban J connectivity index is 2.06. The van der Waals surface area contributed by atoms with E-state index in [1.165, 1.54) is 12.3 Å². The minimum Gasteiger partial charge on any atom is -0.347 e. The molecule has 0 saturated heterocycles. The van der Waals surface area contributed by atoms with Gasteiger partial charge in [0.05, 0.1) is 6.54 Å². The van der Waals surface area contributed by atoms with Gasteiger partial charge in [0.2, 0.25) is 0 Å². The number of aromatic nitrogens is 1. The van der Waals surface area contributed by atoms with Crippen molar-refractivity contribution >= 4 is 17.2 Å². The zero-order chi connectivity index (χ0) is 12.3. The molecule has 0 aromatic carbocycles. The molecule has 2 aromatic heterocycles. The molecule has 17 heavy (non-hydrogen) atoms. The maximum atomic E-state index is 11.7. The Morgan fingerprint density at radius 3 is 2.94 bits per heavy atom. The van der Waals surface area contributed by atoms with E-state index in [0.29, 0.717) is 6.54 Å². The van der Waals surface area contributed by atoms with Crippen molar-refractivity contribution in [1.29, 1.82) is 0 Å². The average molecular weight is 248 g/mol. The molecule has 0 radical (unpaired) electrons. The topological polar surface area (TPSA) is 62.0 Å². The van der Waals surface area contributed by atoms with E-state index in [0.717, 1.165) is 10.4 Å². The Morgan fingerprint density at radius 1 is 1.47 bits per heavy atom. The molecule has 2 rings (SSSR count). The van der Waals surface area contributed by atoms with Crippen LogP contribution in [0.1, 0.15) is 20.8 Å². The largest absolute Gasteiger partial charge is 0.347 e. The second-order valence-corrected chi connectivity index (χ2v) is 4.62. The lowest BCUT2D eigenvalue weighted by atomic mass is 10.2. The van der Waals surface area contributed by atoms with E-state index >= 15 is 0 Å². The number of carbonyl (C=O) groups excluding carboxylic acids is 1. The number of aryl methyl sites for hydroxylation is 1. The van der Waals surface area contributed by atoms with Crippen molar-refractivity contribution in [3.63, 3.8) is 0 Å². The van der Waals surface area contributed by atoms with Crippen molar-refractivity contribution in [1.82, 2.24) is 10.3 Å². The summed E-state index contributed by atoms with van der Waals surface area (Å²) in [5, 5.41) is 4.71. The molecule has 0 bridgehead atoms. The van der Waals surface area contributed by atoms with E-state index in [1.54, 1.807) is 17.4 Å². The zero-order valence-corrected chi connectivity index (χ0v) is 10.1. The molecule has 0 spiro atoms. The normalized spacial score (nSPS) is 10.2. The molecule has 5 heteroatoms. The lowest BCUT2D eigenvalue weighted by Crippen LogP contribution is -2.28. The van der Waals surface area contributed by atoms with E-state index in [9.17, 15) is 9.59 Å². The molecule has 0 aliphatic rings. The van der Waals surface area contributed by atoms with Crippen LogP contribution >= 0.6 is 11.3 Å². The fraction of sp³-hybridized carbons (Fsp3) is 0.167. The van der Waals surface area contributed by atoms with Crippen LogP contribution in [0.25, 0.3) is 0 Å². The second kappa shape index (κ2) is 4.97. The maximum Gasteiger partial charge on any atom is 0.260 e. The predicted octanol–water partition coefficient (Wildman–Crippen LogP) is 1.67. The molecule has 2 aromatic rings. The predicted molar refractivity (Wildman–Crippen MR) is 67.3 cm³/mol. The molecule has 2 heterocycles. The van der Waals surface area contributed by atoms with Gasteiger partial charge in [-0.2, -0.15) is 0 Å². The molecule has 4 nitrogen and oxygen atoms in total. The van der Waals surface area contributed by atoms with Gasteiger partial charge in [0.1, 0.15) is 5.56 Å². The summed E-state index contributed by atoms with van der Waals surface area (Å²) < 4.78 is 0. The highest BCUT2D eigenvalue weighted by molar-refractivity contribution is 7.10. The molecule has 0 atom stereocenters. The monoisotopic (exact) mass is 248 g/mol. The van der Waals surface area contributed by atoms with Crippen molar-refractivity contribution < 1.29 is 4.79 Å². The first-order valence-corrected chi connectivity index (χ1v) is 6.05. The minimum atomic E-state index is -0.368. The molecule has 0 aliphatic heterocycles. The van der Waals surface area contributed by atoms with Gasteiger partial charge in [-0.1, -0.05) is 0 Å². The molecule has 1 amide bonds. The third-order valence-electron chi connectivity index (χ3n) is 2.44. The highest BCUT2D eigenvalue weighted by Gasteiger charge is 2.09. The number of rotatable bonds is 3. The lowest BCUT2D eigenvalue weighted by molar-refractivity contribution is 0.0950. The minimum absolute atomic E-state index is 0.140. The van der Waals surface area contributed by atoms with Gasteiger partial charge in [-0.05, 0) is 36.1 Å². The van der Waals surface area contributed by atoms with E-state index in [-0.39, 0.29) is 17.0 Å². The van der Waals surface area contributed by atoms with Crippen molar-refractivity contribution in [3.8, 4) is 0 Å². The van der Waals surface area contributed by atoms with Crippen molar-refractivity contribution in [3.05, 3.63) is 56.1 Å². The second-order valence-electron chi connectivity index (χ2n) is 3.62. The lowest BCUT2D eigenvalue weighted by Gasteiger charge is -2.03. The van der Waals surface area contributed by atoms with E-state index in [1.807, 2.05) is 18.4 Å². The van der Waals surface area contributed by atoms with Gasteiger partial charge < -0.3 is 10.3 Å². The van der Waals surface area contributed by atoms with Gasteiger partial charge in [-0.25, -0.2) is 0 Å². The summed E-state index contributed by atoms with van der Waals surface area (Å²) in [4.78, 5) is 26.7. The van der Waals surface area contributed by atoms with Gasteiger partial charge in [-0.3, -0.25) is 9.59 Å². The molecule has 0 unspecified atom stereocenters. The van der Waals surface area contributed by atoms with Crippen molar-refractivity contribution in [2.75, 3.05) is 0 Å². The van der Waals surface area contributed by atoms with Gasteiger partial charge in [-0.15, -0.1) is 11.3 Å². The Labute approximate surface area is 102 Å². The fourth-order valence-electron chi connectivity index (χ4n) is 1.44. The number of carbonyl (C=O) groups is 1. The Morgan fingerprint density at radius 2 is 2.29 bits per heavy atom. The standard InChI is InChI=1S/C12H12N2O2S/c1-8-4-6-17-10(8)7-14-12(16)9-3-2-5-13-11(9)15/h2-6H,7H2,1H3,(H,13,15)(H,14,16). The summed E-state index contributed by atoms with van der Waals surface area (Å²) in [7, 11) is 0. The summed E-state index contributed by atoms with van der Waals surface area (Å²) in [6, 6.07) is 5.14. The quantitative estimate of drug-likeness (QED) is 0.868. The third kappa shape index (κ3) is 2.62. The van der Waals surface area contributed by atoms with Crippen LogP contribution in [0.2, 0.25) is 0 Å². The Bertz CT molecular complexity index is 586. The number of hydrogen-bond acceptors (Lipinski definition) is 3. The highest BCUT2D eigenvalue weighted by atomic mass is 32.1. The van der Waals surface area contributed by atoms with Gasteiger partial charge in [0.15, 0.2) is 0 Å². The Hall–Kier alpha value is -1.88. The van der Waals surface area contributed by atoms with E-state index in [4.69, 9.17) is 0 Å². The van der Waals surface area contributed by atoms with Gasteiger partial charge in [0.25, 0.3) is 11.5 Å². The van der Waals surface area contributed by atoms with Crippen LogP contribution in [-0.4, -0.2) is 10.9 Å². The highest BCUT2D eigenvalue weighted by Crippen LogP contribution is 2.14. The Kier molecular flexibility index (Phi) is 3.39. The van der Waals surface area contributed by atoms with E-state index in [2.05, 4.69) is 10.3 Å². The number of pyridine rings is 1. The van der Waals surface area contributed by atoms with Gasteiger partial charge in [0, 0.05) is 11.1 Å². The molecule has 0 fully saturated rings. The van der Waals surface area contributed by atoms with Crippen LogP contribution in [-0.2, 0) is 6.54 Å². The number of nitrogens with one attached hydrogen (secondary N) is 2. The molecular weight excluding hydrogens is 236 g/mol. The average Bonchev–Trinajstić information content (AvgIpc) is 2.72. The summed E-state index contributed by atoms with van der Waals surface area (Å²) in [5.74, 6) is -0.348. The SMILES string of the molecule is Cc1ccsc1CNC(=O)c1ccc[nH]c1=O. The summed E-state index contributed by atoms with van der Waals surface area (Å²) >= 11 is 1.59. The molecule has 0 saturated carbocycles. The van der Waals surface area contributed by atoms with Crippen LogP contribution in [0, 0.1) is 6.92 Å². The number of thiophene rings is 1. The van der Waals surface area contributed by atoms with E-state index < -0.39 is 0 Å². The molecular formula is C12H12N2O2S. The first-order chi connectivity index (χ1) is 8.18. The first-order valence-electron chi connectivity index (χ1n) is 5.17. The number of H-pyrrole nitrogens is 1. The van der Waals surface area contributed by atoms with Crippen LogP contribution < -0.4 is 10.9 Å². The first kappa shape index (κ1) is 11.6. The van der Waals surface area contributed by atoms with Gasteiger partial charge >= 0.3 is 0 Å². The maximum absolute atomic E-state index is 11.7. The smallest absolute Gasteiger partial charge is 0.260 e. The summed E-state index contributed by atoms with van der Waals surface area (Å²) in [5.41, 5.74) is 0.923. The third-order valence-corrected chi connectivity index (χ3v) is 3.46. The summed E-state index contributed by atoms with van der Waals surface area (Å²) in [6.07, 6.45) is 1.50. The fourth-order valence-corrected chi connectivity index (χ4v) is 2.29. The molecule has 0 aliphatic carbocycles. The number of amides is 1. The zero-order valence-electron chi connectivity index (χ0n) is 9.32. The van der Waals surface area contributed by atoms with Crippen LogP contribution in [0.5, 0.6) is 0 Å². The molecule has 88 valence electrons. The van der Waals surface area contributed by atoms with Crippen LogP contribution in [0.3, 0.4) is 0 Å². The van der Waals surface area contributed by atoms with Crippen LogP contribution in [0.4, 0.5) is 0 Å².